The highest BCUT2D eigenvalue weighted by Gasteiger charge is 2.38. The third kappa shape index (κ3) is 2.50. The lowest BCUT2D eigenvalue weighted by atomic mass is 9.82. The smallest absolute Gasteiger partial charge is 0.261 e. The monoisotopic (exact) mass is 488 g/mol. The fourth-order valence-electron chi connectivity index (χ4n) is 6.36. The maximum Gasteiger partial charge on any atom is 0.261 e. The van der Waals surface area contributed by atoms with Crippen molar-refractivity contribution in [1.29, 1.82) is 0 Å². The van der Waals surface area contributed by atoms with E-state index in [2.05, 4.69) is 0 Å². The van der Waals surface area contributed by atoms with Crippen LogP contribution in [-0.2, 0) is 0 Å². The molecule has 37 heavy (non-hydrogen) atoms. The highest BCUT2D eigenvalue weighted by molar-refractivity contribution is 6.41. The molecule has 0 bridgehead atoms. The third-order valence-electron chi connectivity index (χ3n) is 8.25. The van der Waals surface area contributed by atoms with Gasteiger partial charge >= 0.3 is 0 Å². The summed E-state index contributed by atoms with van der Waals surface area (Å²) in [6.45, 7) is 7.53. The largest absolute Gasteiger partial charge is 0.272 e. The average molecular weight is 489 g/mol. The Morgan fingerprint density at radius 3 is 1.14 bits per heavy atom. The molecule has 0 fully saturated rings. The molecule has 5 aromatic carbocycles. The first-order valence-electron chi connectivity index (χ1n) is 12.7. The van der Waals surface area contributed by atoms with E-state index in [1.54, 1.807) is 12.1 Å². The molecular weight excluding hydrogens is 464 g/mol. The van der Waals surface area contributed by atoms with Gasteiger partial charge in [-0.2, -0.15) is 0 Å². The van der Waals surface area contributed by atoms with E-state index >= 15 is 0 Å². The van der Waals surface area contributed by atoms with Gasteiger partial charge in [0, 0.05) is 45.1 Å². The molecule has 2 heterocycles. The lowest BCUT2D eigenvalue weighted by Gasteiger charge is -2.33. The van der Waals surface area contributed by atoms with E-state index in [0.29, 0.717) is 39.4 Å². The van der Waals surface area contributed by atoms with Crippen LogP contribution in [0.2, 0.25) is 0 Å². The summed E-state index contributed by atoms with van der Waals surface area (Å²) in [5.74, 6) is -1.10. The van der Waals surface area contributed by atoms with Crippen LogP contribution in [0.3, 0.4) is 0 Å². The molecule has 0 N–H and O–H groups in total. The van der Waals surface area contributed by atoms with Crippen LogP contribution in [0.4, 0.5) is 0 Å². The van der Waals surface area contributed by atoms with Gasteiger partial charge in [0.25, 0.3) is 23.6 Å². The second-order valence-corrected chi connectivity index (χ2v) is 10.5. The Morgan fingerprint density at radius 1 is 0.514 bits per heavy atom. The van der Waals surface area contributed by atoms with Gasteiger partial charge in [0.15, 0.2) is 0 Å². The number of carbonyl (C=O) groups is 4. The Hall–Kier alpha value is -4.32. The van der Waals surface area contributed by atoms with E-state index in [0.717, 1.165) is 32.3 Å². The predicted molar refractivity (Wildman–Crippen MR) is 144 cm³/mol. The van der Waals surface area contributed by atoms with E-state index in [1.165, 1.54) is 9.80 Å². The molecular formula is C31H24N2O4. The average Bonchev–Trinajstić information content (AvgIpc) is 2.89. The minimum Gasteiger partial charge on any atom is -0.272 e. The van der Waals surface area contributed by atoms with Crippen molar-refractivity contribution in [2.45, 2.75) is 46.2 Å². The molecule has 182 valence electrons. The molecule has 7 rings (SSSR count). The van der Waals surface area contributed by atoms with Gasteiger partial charge in [-0.25, -0.2) is 0 Å². The number of rotatable bonds is 3. The van der Waals surface area contributed by atoms with Crippen LogP contribution in [0.25, 0.3) is 43.1 Å². The lowest BCUT2D eigenvalue weighted by molar-refractivity contribution is 0.0538. The zero-order valence-corrected chi connectivity index (χ0v) is 21.0. The first-order valence-corrected chi connectivity index (χ1v) is 12.7. The predicted octanol–water partition coefficient (Wildman–Crippen LogP) is 6.14. The summed E-state index contributed by atoms with van der Waals surface area (Å²) in [6, 6.07) is 14.5. The summed E-state index contributed by atoms with van der Waals surface area (Å²) in [7, 11) is 0. The van der Waals surface area contributed by atoms with Crippen LogP contribution in [0.15, 0.2) is 48.5 Å². The zero-order chi connectivity index (χ0) is 25.9. The SMILES string of the molecule is CCC(C)N1C(=O)c2ccc3c4ccc5c6c(ccc(c7ccc(c2c37)C1=O)c64)C(=O)N(C(C)C)C5=O. The first-order chi connectivity index (χ1) is 17.8. The van der Waals surface area contributed by atoms with Crippen molar-refractivity contribution in [3.8, 4) is 0 Å². The molecule has 0 aromatic heterocycles. The normalized spacial score (nSPS) is 16.5. The standard InChI is InChI=1S/C31H24N2O4/c1-5-15(4)33-30(36)22-12-8-18-16-6-10-20-26-21(29(35)32(14(2)3)28(20)34)11-7-17(24(16)26)19-9-13-23(31(33)37)27(22)25(18)19/h6-15H,5H2,1-4H3. The molecule has 0 aliphatic carbocycles. The Labute approximate surface area is 212 Å². The highest BCUT2D eigenvalue weighted by Crippen LogP contribution is 2.46. The van der Waals surface area contributed by atoms with Crippen molar-refractivity contribution in [3.63, 3.8) is 0 Å². The Morgan fingerprint density at radius 2 is 0.838 bits per heavy atom. The fraction of sp³-hybridized carbons (Fsp3) is 0.226. The lowest BCUT2D eigenvalue weighted by Crippen LogP contribution is -2.45. The van der Waals surface area contributed by atoms with Crippen LogP contribution in [-0.4, -0.2) is 45.5 Å². The van der Waals surface area contributed by atoms with Gasteiger partial charge in [-0.1, -0.05) is 31.2 Å². The molecule has 4 amide bonds. The topological polar surface area (TPSA) is 74.8 Å². The molecule has 0 radical (unpaired) electrons. The summed E-state index contributed by atoms with van der Waals surface area (Å²) in [6.07, 6.45) is 0.678. The molecule has 2 aliphatic heterocycles. The molecule has 0 spiro atoms. The molecule has 6 heteroatoms. The Kier molecular flexibility index (Phi) is 4.22. The van der Waals surface area contributed by atoms with Gasteiger partial charge < -0.3 is 0 Å². The van der Waals surface area contributed by atoms with Gasteiger partial charge in [-0.15, -0.1) is 0 Å². The molecule has 0 saturated heterocycles. The van der Waals surface area contributed by atoms with Crippen molar-refractivity contribution in [2.75, 3.05) is 0 Å². The van der Waals surface area contributed by atoms with Crippen LogP contribution in [0.5, 0.6) is 0 Å². The van der Waals surface area contributed by atoms with E-state index < -0.39 is 0 Å². The number of fused-ring (bicyclic) bond motifs is 2. The number of amides is 4. The van der Waals surface area contributed by atoms with Crippen molar-refractivity contribution in [1.82, 2.24) is 9.80 Å². The second-order valence-electron chi connectivity index (χ2n) is 10.5. The minimum absolute atomic E-state index is 0.201. The van der Waals surface area contributed by atoms with Crippen molar-refractivity contribution in [3.05, 3.63) is 70.8 Å². The first kappa shape index (κ1) is 21.9. The number of hydrogen-bond donors (Lipinski definition) is 0. The van der Waals surface area contributed by atoms with E-state index in [-0.39, 0.29) is 35.7 Å². The summed E-state index contributed by atoms with van der Waals surface area (Å²) in [5.41, 5.74) is 2.10. The number of hydrogen-bond acceptors (Lipinski definition) is 4. The minimum atomic E-state index is -0.284. The highest BCUT2D eigenvalue weighted by atomic mass is 16.2. The van der Waals surface area contributed by atoms with Crippen LogP contribution in [0.1, 0.15) is 75.5 Å². The molecule has 1 atom stereocenters. The fourth-order valence-corrected chi connectivity index (χ4v) is 6.36. The zero-order valence-electron chi connectivity index (χ0n) is 21.0. The van der Waals surface area contributed by atoms with Gasteiger partial charge in [0.05, 0.1) is 0 Å². The third-order valence-corrected chi connectivity index (χ3v) is 8.25. The number of imide groups is 2. The maximum atomic E-state index is 13.5. The molecule has 5 aromatic rings. The van der Waals surface area contributed by atoms with Crippen LogP contribution >= 0.6 is 0 Å². The van der Waals surface area contributed by atoms with Crippen LogP contribution in [0, 0.1) is 0 Å². The van der Waals surface area contributed by atoms with E-state index in [4.69, 9.17) is 0 Å². The summed E-state index contributed by atoms with van der Waals surface area (Å²) in [5, 5.41) is 6.69. The molecule has 2 aliphatic rings. The van der Waals surface area contributed by atoms with Gasteiger partial charge in [0.1, 0.15) is 0 Å². The summed E-state index contributed by atoms with van der Waals surface area (Å²) in [4.78, 5) is 56.4. The molecule has 0 saturated carbocycles. The second kappa shape index (κ2) is 7.13. The Bertz CT molecular complexity index is 1780. The van der Waals surface area contributed by atoms with Gasteiger partial charge in [-0.05, 0) is 83.8 Å². The van der Waals surface area contributed by atoms with Crippen molar-refractivity contribution >= 4 is 66.7 Å². The number of nitrogens with zero attached hydrogens (tertiary/aromatic N) is 2. The van der Waals surface area contributed by atoms with Gasteiger partial charge in [-0.3, -0.25) is 29.0 Å². The number of benzene rings is 5. The van der Waals surface area contributed by atoms with E-state index in [1.807, 2.05) is 64.1 Å². The summed E-state index contributed by atoms with van der Waals surface area (Å²) >= 11 is 0. The Balaban J connectivity index is 1.63. The van der Waals surface area contributed by atoms with Gasteiger partial charge in [0.2, 0.25) is 0 Å². The maximum absolute atomic E-state index is 13.5. The summed E-state index contributed by atoms with van der Waals surface area (Å²) < 4.78 is 0. The molecule has 6 nitrogen and oxygen atoms in total. The molecule has 1 unspecified atom stereocenters. The quantitative estimate of drug-likeness (QED) is 0.174. The number of carbonyl (C=O) groups excluding carboxylic acids is 4. The van der Waals surface area contributed by atoms with E-state index in [9.17, 15) is 19.2 Å². The van der Waals surface area contributed by atoms with Crippen LogP contribution < -0.4 is 0 Å². The van der Waals surface area contributed by atoms with Crippen molar-refractivity contribution < 1.29 is 19.2 Å². The van der Waals surface area contributed by atoms with Crippen molar-refractivity contribution in [2.24, 2.45) is 0 Å².